The molecule has 0 fully saturated rings. The summed E-state index contributed by atoms with van der Waals surface area (Å²) in [6.07, 6.45) is 4.20. The molecule has 0 aliphatic carbocycles. The first-order valence-corrected chi connectivity index (χ1v) is 12.2. The first-order chi connectivity index (χ1) is 17.2. The Hall–Kier alpha value is -3.87. The van der Waals surface area contributed by atoms with Crippen molar-refractivity contribution in [2.45, 2.75) is 52.7 Å². The Kier molecular flexibility index (Phi) is 9.06. The second-order valence-electron chi connectivity index (χ2n) is 9.24. The lowest BCUT2D eigenvalue weighted by atomic mass is 9.95. The van der Waals surface area contributed by atoms with Gasteiger partial charge >= 0.3 is 6.09 Å². The number of alkyl carbamates (subject to hydrolysis) is 1. The molecule has 0 aromatic heterocycles. The second kappa shape index (κ2) is 12.2. The molecule has 3 rings (SSSR count). The fourth-order valence-electron chi connectivity index (χ4n) is 4.09. The van der Waals surface area contributed by atoms with Crippen LogP contribution in [-0.4, -0.2) is 37.6 Å². The van der Waals surface area contributed by atoms with Crippen molar-refractivity contribution in [3.05, 3.63) is 77.4 Å². The van der Waals surface area contributed by atoms with E-state index in [-0.39, 0.29) is 5.91 Å². The van der Waals surface area contributed by atoms with E-state index in [2.05, 4.69) is 30.6 Å². The van der Waals surface area contributed by atoms with Crippen LogP contribution in [0.4, 0.5) is 10.5 Å². The number of anilines is 1. The van der Waals surface area contributed by atoms with Crippen molar-refractivity contribution >= 4 is 23.6 Å². The first kappa shape index (κ1) is 26.7. The Balaban J connectivity index is 1.63. The van der Waals surface area contributed by atoms with Crippen molar-refractivity contribution in [1.82, 2.24) is 10.6 Å². The van der Waals surface area contributed by atoms with Crippen molar-refractivity contribution in [3.63, 3.8) is 0 Å². The lowest BCUT2D eigenvalue weighted by molar-refractivity contribution is -0.132. The third-order valence-corrected chi connectivity index (χ3v) is 6.13. The van der Waals surface area contributed by atoms with Gasteiger partial charge in [-0.1, -0.05) is 65.8 Å². The van der Waals surface area contributed by atoms with Crippen LogP contribution in [0, 0.1) is 0 Å². The van der Waals surface area contributed by atoms with Crippen LogP contribution in [0.5, 0.6) is 0 Å². The molecule has 1 aliphatic heterocycles. The number of nitrogens with one attached hydrogen (secondary N) is 2. The summed E-state index contributed by atoms with van der Waals surface area (Å²) >= 11 is 0. The average molecular weight is 490 g/mol. The number of nitrogens with zero attached hydrogens (tertiary/aromatic N) is 1. The highest BCUT2D eigenvalue weighted by molar-refractivity contribution is 6.06. The quantitative estimate of drug-likeness (QED) is 0.493. The van der Waals surface area contributed by atoms with Crippen LogP contribution in [0.1, 0.15) is 52.1 Å². The number of hydrogen-bond donors (Lipinski definition) is 2. The van der Waals surface area contributed by atoms with Crippen LogP contribution in [0.25, 0.3) is 11.1 Å². The van der Waals surface area contributed by atoms with Crippen LogP contribution in [0.3, 0.4) is 0 Å². The predicted molar refractivity (Wildman–Crippen MR) is 143 cm³/mol. The number of carbonyl (C=O) groups is 3. The van der Waals surface area contributed by atoms with Gasteiger partial charge in [-0.15, -0.1) is 0 Å². The number of rotatable bonds is 8. The molecule has 2 aromatic carbocycles. The van der Waals surface area contributed by atoms with Crippen LogP contribution in [-0.2, 0) is 14.3 Å². The number of hydrogen-bond acceptors (Lipinski definition) is 4. The zero-order valence-electron chi connectivity index (χ0n) is 21.6. The Bertz CT molecular complexity index is 1180. The molecule has 1 heterocycles. The number of benzene rings is 2. The zero-order valence-corrected chi connectivity index (χ0v) is 21.6. The van der Waals surface area contributed by atoms with E-state index in [0.717, 1.165) is 35.2 Å². The van der Waals surface area contributed by atoms with Gasteiger partial charge in [0.15, 0.2) is 6.10 Å². The molecule has 0 bridgehead atoms. The van der Waals surface area contributed by atoms with E-state index in [4.69, 9.17) is 4.74 Å². The molecule has 0 unspecified atom stereocenters. The lowest BCUT2D eigenvalue weighted by Gasteiger charge is -2.24. The Morgan fingerprint density at radius 2 is 1.69 bits per heavy atom. The minimum Gasteiger partial charge on any atom is -0.436 e. The largest absolute Gasteiger partial charge is 0.436 e. The topological polar surface area (TPSA) is 87.7 Å². The zero-order chi connectivity index (χ0) is 26.2. The molecule has 190 valence electrons. The summed E-state index contributed by atoms with van der Waals surface area (Å²) in [5, 5.41) is 5.44. The summed E-state index contributed by atoms with van der Waals surface area (Å²) in [5.41, 5.74) is 5.68. The Labute approximate surface area is 213 Å². The minimum absolute atomic E-state index is 0.272. The summed E-state index contributed by atoms with van der Waals surface area (Å²) in [5.74, 6) is -0.822. The van der Waals surface area contributed by atoms with E-state index in [1.807, 2.05) is 61.5 Å². The van der Waals surface area contributed by atoms with Crippen molar-refractivity contribution in [3.8, 4) is 11.1 Å². The maximum absolute atomic E-state index is 13.3. The van der Waals surface area contributed by atoms with Crippen LogP contribution in [0.15, 0.2) is 71.8 Å². The van der Waals surface area contributed by atoms with Gasteiger partial charge in [-0.25, -0.2) is 4.79 Å². The SMILES string of the molecule is CC(C)=CCC/C(C)=C/CNC(=O)O[C@@H](C)C(=O)N[C@@H]1C(=O)N(C)c2ccccc2-c2ccccc21. The van der Waals surface area contributed by atoms with Gasteiger partial charge < -0.3 is 20.3 Å². The number of allylic oxidation sites excluding steroid dienone is 3. The normalized spacial score (nSPS) is 15.7. The van der Waals surface area contributed by atoms with E-state index in [9.17, 15) is 14.4 Å². The summed E-state index contributed by atoms with van der Waals surface area (Å²) < 4.78 is 5.27. The van der Waals surface area contributed by atoms with Gasteiger partial charge in [-0.05, 0) is 57.7 Å². The first-order valence-electron chi connectivity index (χ1n) is 12.2. The fraction of sp³-hybridized carbons (Fsp3) is 0.345. The van der Waals surface area contributed by atoms with Gasteiger partial charge in [-0.2, -0.15) is 0 Å². The molecule has 7 nitrogen and oxygen atoms in total. The van der Waals surface area contributed by atoms with E-state index in [0.29, 0.717) is 12.1 Å². The van der Waals surface area contributed by atoms with Gasteiger partial charge in [-0.3, -0.25) is 9.59 Å². The van der Waals surface area contributed by atoms with Crippen molar-refractivity contribution in [2.75, 3.05) is 18.5 Å². The number of amides is 3. The molecule has 0 spiro atoms. The third kappa shape index (κ3) is 6.62. The molecular weight excluding hydrogens is 454 g/mol. The van der Waals surface area contributed by atoms with Gasteiger partial charge in [0.25, 0.3) is 11.8 Å². The van der Waals surface area contributed by atoms with Crippen LogP contribution >= 0.6 is 0 Å². The van der Waals surface area contributed by atoms with Gasteiger partial charge in [0.05, 0.1) is 5.69 Å². The summed E-state index contributed by atoms with van der Waals surface area (Å²) in [4.78, 5) is 40.1. The summed E-state index contributed by atoms with van der Waals surface area (Å²) in [6, 6.07) is 14.2. The van der Waals surface area contributed by atoms with Crippen LogP contribution in [0.2, 0.25) is 0 Å². The van der Waals surface area contributed by atoms with Gasteiger partial charge in [0, 0.05) is 19.2 Å². The average Bonchev–Trinajstić information content (AvgIpc) is 2.93. The van der Waals surface area contributed by atoms with Crippen molar-refractivity contribution < 1.29 is 19.1 Å². The highest BCUT2D eigenvalue weighted by Gasteiger charge is 2.34. The standard InChI is InChI=1S/C29H35N3O4/c1-19(2)11-10-12-20(3)17-18-30-29(35)36-21(4)27(33)31-26-24-15-7-6-13-22(24)23-14-8-9-16-25(23)32(5)28(26)34/h6-9,11,13-17,21,26H,10,12,18H2,1-5H3,(H,30,35)(H,31,33)/b20-17+/t21-,26-/m0/s1. The summed E-state index contributed by atoms with van der Waals surface area (Å²) in [6.45, 7) is 7.94. The Morgan fingerprint density at radius 1 is 1.03 bits per heavy atom. The smallest absolute Gasteiger partial charge is 0.408 e. The number of para-hydroxylation sites is 1. The molecule has 1 aliphatic rings. The molecule has 2 N–H and O–H groups in total. The van der Waals surface area contributed by atoms with Gasteiger partial charge in [0.1, 0.15) is 6.04 Å². The molecule has 0 saturated heterocycles. The lowest BCUT2D eigenvalue weighted by Crippen LogP contribution is -2.45. The van der Waals surface area contributed by atoms with Gasteiger partial charge in [0.2, 0.25) is 0 Å². The highest BCUT2D eigenvalue weighted by atomic mass is 16.6. The fourth-order valence-corrected chi connectivity index (χ4v) is 4.09. The molecule has 2 aromatic rings. The van der Waals surface area contributed by atoms with E-state index >= 15 is 0 Å². The number of ether oxygens (including phenoxy) is 1. The number of fused-ring (bicyclic) bond motifs is 3. The Morgan fingerprint density at radius 3 is 2.42 bits per heavy atom. The molecule has 7 heteroatoms. The molecular formula is C29H35N3O4. The second-order valence-corrected chi connectivity index (χ2v) is 9.24. The molecule has 0 radical (unpaired) electrons. The third-order valence-electron chi connectivity index (χ3n) is 6.13. The van der Waals surface area contributed by atoms with Crippen molar-refractivity contribution in [2.24, 2.45) is 0 Å². The monoisotopic (exact) mass is 489 g/mol. The van der Waals surface area contributed by atoms with E-state index < -0.39 is 24.1 Å². The molecule has 0 saturated carbocycles. The minimum atomic E-state index is -1.08. The predicted octanol–water partition coefficient (Wildman–Crippen LogP) is 5.29. The molecule has 2 atom stereocenters. The highest BCUT2D eigenvalue weighted by Crippen LogP contribution is 2.39. The number of likely N-dealkylation sites (N-methyl/N-ethyl adjacent to an activating group) is 1. The van der Waals surface area contributed by atoms with E-state index in [1.54, 1.807) is 11.9 Å². The molecule has 36 heavy (non-hydrogen) atoms. The molecule has 3 amide bonds. The van der Waals surface area contributed by atoms with E-state index in [1.165, 1.54) is 12.5 Å². The summed E-state index contributed by atoms with van der Waals surface area (Å²) in [7, 11) is 1.69. The maximum Gasteiger partial charge on any atom is 0.408 e. The maximum atomic E-state index is 13.3. The van der Waals surface area contributed by atoms with Crippen LogP contribution < -0.4 is 15.5 Å². The van der Waals surface area contributed by atoms with Crippen molar-refractivity contribution in [1.29, 1.82) is 0 Å². The number of carbonyl (C=O) groups excluding carboxylic acids is 3.